The van der Waals surface area contributed by atoms with Crippen molar-refractivity contribution in [2.45, 2.75) is 200 Å². The Morgan fingerprint density at radius 1 is 0.333 bits per heavy atom. The Bertz CT molecular complexity index is 461. The van der Waals surface area contributed by atoms with Gasteiger partial charge in [-0.3, -0.25) is 9.59 Å². The molecule has 0 N–H and O–H groups in total. The lowest BCUT2D eigenvalue weighted by Gasteiger charge is -2.06. The van der Waals surface area contributed by atoms with Gasteiger partial charge in [0, 0.05) is 12.8 Å². The molecular weight excluding hydrogens is 484 g/mol. The van der Waals surface area contributed by atoms with Gasteiger partial charge in [0.2, 0.25) is 0 Å². The highest BCUT2D eigenvalue weighted by Gasteiger charge is 2.04. The van der Waals surface area contributed by atoms with E-state index in [9.17, 15) is 9.59 Å². The second-order valence-electron chi connectivity index (χ2n) is 11.8. The molecule has 0 aliphatic carbocycles. The monoisotopic (exact) mass is 553 g/mol. The van der Waals surface area contributed by atoms with Crippen LogP contribution in [0.3, 0.4) is 0 Å². The van der Waals surface area contributed by atoms with E-state index in [0.717, 1.165) is 38.5 Å². The molecule has 0 atom stereocenters. The van der Waals surface area contributed by atoms with Gasteiger partial charge in [-0.2, -0.15) is 0 Å². The first-order chi connectivity index (χ1) is 19.2. The second-order valence-corrected chi connectivity index (χ2v) is 11.8. The van der Waals surface area contributed by atoms with Gasteiger partial charge in [-0.15, -0.1) is 0 Å². The summed E-state index contributed by atoms with van der Waals surface area (Å²) in [7, 11) is 0. The lowest BCUT2D eigenvalue weighted by Crippen LogP contribution is -2.05. The first-order valence-electron chi connectivity index (χ1n) is 17.5. The number of carbonyl (C=O) groups excluding carboxylic acids is 2. The van der Waals surface area contributed by atoms with E-state index in [1.165, 1.54) is 135 Å². The summed E-state index contributed by atoms with van der Waals surface area (Å²) in [6, 6.07) is 0. The molecule has 0 amide bonds. The lowest BCUT2D eigenvalue weighted by molar-refractivity contribution is -0.144. The summed E-state index contributed by atoms with van der Waals surface area (Å²) in [5.41, 5.74) is 0. The summed E-state index contributed by atoms with van der Waals surface area (Å²) in [4.78, 5) is 23.6. The number of rotatable bonds is 32. The molecule has 4 heteroatoms. The van der Waals surface area contributed by atoms with Crippen molar-refractivity contribution in [1.29, 1.82) is 0 Å². The topological polar surface area (TPSA) is 52.6 Å². The maximum Gasteiger partial charge on any atom is 0.305 e. The van der Waals surface area contributed by atoms with E-state index in [4.69, 9.17) is 9.47 Å². The standard InChI is InChI=1S/C35H68O4/c1-3-5-7-9-18-22-26-30-34(36)38-32-28-24-20-16-14-12-11-13-15-17-21-25-29-33-39-35(37)31-27-23-19-10-8-6-4-2/h3-33H2,1-2H3. The molecule has 39 heavy (non-hydrogen) atoms. The Kier molecular flexibility index (Phi) is 32.2. The number of esters is 2. The van der Waals surface area contributed by atoms with Crippen LogP contribution in [-0.4, -0.2) is 25.2 Å². The van der Waals surface area contributed by atoms with Gasteiger partial charge < -0.3 is 9.47 Å². The van der Waals surface area contributed by atoms with Crippen LogP contribution in [0.1, 0.15) is 200 Å². The molecule has 4 nitrogen and oxygen atoms in total. The average molecular weight is 553 g/mol. The summed E-state index contributed by atoms with van der Waals surface area (Å²) in [6.07, 6.45) is 34.8. The molecule has 0 aromatic carbocycles. The predicted octanol–water partition coefficient (Wildman–Crippen LogP) is 11.4. The van der Waals surface area contributed by atoms with Crippen molar-refractivity contribution < 1.29 is 19.1 Å². The van der Waals surface area contributed by atoms with Gasteiger partial charge in [0.25, 0.3) is 0 Å². The van der Waals surface area contributed by atoms with Crippen LogP contribution in [-0.2, 0) is 19.1 Å². The van der Waals surface area contributed by atoms with E-state index in [1.807, 2.05) is 0 Å². The van der Waals surface area contributed by atoms with Crippen LogP contribution in [0.4, 0.5) is 0 Å². The van der Waals surface area contributed by atoms with Gasteiger partial charge in [0.1, 0.15) is 0 Å². The van der Waals surface area contributed by atoms with Crippen molar-refractivity contribution in [3.8, 4) is 0 Å². The van der Waals surface area contributed by atoms with Crippen molar-refractivity contribution in [3.05, 3.63) is 0 Å². The lowest BCUT2D eigenvalue weighted by atomic mass is 10.0. The van der Waals surface area contributed by atoms with Gasteiger partial charge in [-0.1, -0.05) is 162 Å². The molecule has 0 unspecified atom stereocenters. The van der Waals surface area contributed by atoms with Crippen LogP contribution in [0, 0.1) is 0 Å². The molecule has 0 rings (SSSR count). The molecule has 0 saturated carbocycles. The molecule has 0 radical (unpaired) electrons. The quantitative estimate of drug-likeness (QED) is 0.0615. The van der Waals surface area contributed by atoms with Gasteiger partial charge in [0.15, 0.2) is 0 Å². The van der Waals surface area contributed by atoms with Gasteiger partial charge in [0.05, 0.1) is 13.2 Å². The molecule has 0 aromatic rings. The summed E-state index contributed by atoms with van der Waals surface area (Å²) < 4.78 is 10.8. The Hall–Kier alpha value is -1.06. The van der Waals surface area contributed by atoms with Crippen molar-refractivity contribution in [2.24, 2.45) is 0 Å². The van der Waals surface area contributed by atoms with E-state index in [1.54, 1.807) is 0 Å². The zero-order valence-electron chi connectivity index (χ0n) is 26.6. The number of unbranched alkanes of at least 4 members (excludes halogenated alkanes) is 24. The number of hydrogen-bond acceptors (Lipinski definition) is 4. The highest BCUT2D eigenvalue weighted by Crippen LogP contribution is 2.14. The first kappa shape index (κ1) is 37.9. The minimum atomic E-state index is 0.000997. The summed E-state index contributed by atoms with van der Waals surface area (Å²) >= 11 is 0. The summed E-state index contributed by atoms with van der Waals surface area (Å²) in [6.45, 7) is 5.70. The number of carbonyl (C=O) groups is 2. The minimum absolute atomic E-state index is 0.000997. The van der Waals surface area contributed by atoms with Crippen LogP contribution in [0.5, 0.6) is 0 Å². The highest BCUT2D eigenvalue weighted by molar-refractivity contribution is 5.69. The molecule has 0 aromatic heterocycles. The van der Waals surface area contributed by atoms with Crippen molar-refractivity contribution in [1.82, 2.24) is 0 Å². The Balaban J connectivity index is 3.18. The fourth-order valence-electron chi connectivity index (χ4n) is 5.12. The van der Waals surface area contributed by atoms with Crippen molar-refractivity contribution in [3.63, 3.8) is 0 Å². The van der Waals surface area contributed by atoms with Crippen LogP contribution in [0.2, 0.25) is 0 Å². The van der Waals surface area contributed by atoms with E-state index >= 15 is 0 Å². The molecule has 0 heterocycles. The maximum atomic E-state index is 11.8. The minimum Gasteiger partial charge on any atom is -0.466 e. The van der Waals surface area contributed by atoms with Crippen LogP contribution in [0.25, 0.3) is 0 Å². The van der Waals surface area contributed by atoms with E-state index < -0.39 is 0 Å². The van der Waals surface area contributed by atoms with E-state index in [0.29, 0.717) is 26.1 Å². The Morgan fingerprint density at radius 2 is 0.564 bits per heavy atom. The summed E-state index contributed by atoms with van der Waals surface area (Å²) in [5.74, 6) is 0.00199. The third-order valence-corrected chi connectivity index (χ3v) is 7.78. The molecule has 0 fully saturated rings. The smallest absolute Gasteiger partial charge is 0.305 e. The number of hydrogen-bond donors (Lipinski definition) is 0. The first-order valence-corrected chi connectivity index (χ1v) is 17.5. The third-order valence-electron chi connectivity index (χ3n) is 7.78. The molecule has 232 valence electrons. The maximum absolute atomic E-state index is 11.8. The van der Waals surface area contributed by atoms with Crippen LogP contribution >= 0.6 is 0 Å². The number of ether oxygens (including phenoxy) is 2. The molecule has 0 bridgehead atoms. The Labute approximate surface area is 244 Å². The largest absolute Gasteiger partial charge is 0.466 e. The van der Waals surface area contributed by atoms with Gasteiger partial charge in [-0.25, -0.2) is 0 Å². The van der Waals surface area contributed by atoms with Crippen LogP contribution in [0.15, 0.2) is 0 Å². The Morgan fingerprint density at radius 3 is 0.846 bits per heavy atom. The highest BCUT2D eigenvalue weighted by atomic mass is 16.5. The fraction of sp³-hybridized carbons (Fsp3) is 0.943. The normalized spacial score (nSPS) is 11.1. The van der Waals surface area contributed by atoms with E-state index in [-0.39, 0.29) is 11.9 Å². The SMILES string of the molecule is CCCCCCCCCC(=O)OCCCCCCCCCCCCCCCOC(=O)CCCCCCCCC. The van der Waals surface area contributed by atoms with Crippen molar-refractivity contribution in [2.75, 3.05) is 13.2 Å². The zero-order valence-corrected chi connectivity index (χ0v) is 26.6. The van der Waals surface area contributed by atoms with E-state index in [2.05, 4.69) is 13.8 Å². The van der Waals surface area contributed by atoms with Gasteiger partial charge >= 0.3 is 11.9 Å². The molecule has 0 aliphatic heterocycles. The predicted molar refractivity (Wildman–Crippen MR) is 167 cm³/mol. The molecule has 0 aliphatic rings. The van der Waals surface area contributed by atoms with Crippen LogP contribution < -0.4 is 0 Å². The second kappa shape index (κ2) is 33.1. The zero-order chi connectivity index (χ0) is 28.5. The van der Waals surface area contributed by atoms with Gasteiger partial charge in [-0.05, 0) is 25.7 Å². The molecule has 0 saturated heterocycles. The molecular formula is C35H68O4. The summed E-state index contributed by atoms with van der Waals surface area (Å²) in [5, 5.41) is 0. The average Bonchev–Trinajstić information content (AvgIpc) is 2.93. The third kappa shape index (κ3) is 33.0. The van der Waals surface area contributed by atoms with Crippen molar-refractivity contribution >= 4 is 11.9 Å². The fourth-order valence-corrected chi connectivity index (χ4v) is 5.12. The molecule has 0 spiro atoms.